The largest absolute Gasteiger partial charge is 0.465 e. The van der Waals surface area contributed by atoms with Crippen LogP contribution < -0.4 is 5.32 Å². The summed E-state index contributed by atoms with van der Waals surface area (Å²) in [6, 6.07) is 3.99. The topological polar surface area (TPSA) is 25.2 Å². The molecule has 0 saturated carbocycles. The van der Waals surface area contributed by atoms with Gasteiger partial charge in [0.1, 0.15) is 11.5 Å². The van der Waals surface area contributed by atoms with Crippen LogP contribution in [0.15, 0.2) is 16.5 Å². The summed E-state index contributed by atoms with van der Waals surface area (Å²) in [6.45, 7) is 9.19. The molecule has 12 heavy (non-hydrogen) atoms. The van der Waals surface area contributed by atoms with E-state index >= 15 is 0 Å². The van der Waals surface area contributed by atoms with E-state index in [-0.39, 0.29) is 5.54 Å². The quantitative estimate of drug-likeness (QED) is 0.732. The molecule has 0 radical (unpaired) electrons. The third-order valence-corrected chi connectivity index (χ3v) is 1.59. The van der Waals surface area contributed by atoms with Gasteiger partial charge in [0.2, 0.25) is 0 Å². The molecule has 68 valence electrons. The van der Waals surface area contributed by atoms with Gasteiger partial charge in [-0.25, -0.2) is 0 Å². The second-order valence-electron chi connectivity index (χ2n) is 4.12. The third-order valence-electron chi connectivity index (χ3n) is 1.59. The second kappa shape index (κ2) is 3.31. The van der Waals surface area contributed by atoms with Gasteiger partial charge < -0.3 is 9.73 Å². The van der Waals surface area contributed by atoms with Crippen molar-refractivity contribution in [3.63, 3.8) is 0 Å². The maximum absolute atomic E-state index is 5.42. The predicted molar refractivity (Wildman–Crippen MR) is 50.0 cm³/mol. The van der Waals surface area contributed by atoms with E-state index < -0.39 is 0 Å². The molecular formula is C10H17NO. The predicted octanol–water partition coefficient (Wildman–Crippen LogP) is 2.48. The minimum Gasteiger partial charge on any atom is -0.465 e. The molecule has 0 unspecified atom stereocenters. The fourth-order valence-corrected chi connectivity index (χ4v) is 0.932. The fourth-order valence-electron chi connectivity index (χ4n) is 0.932. The Morgan fingerprint density at radius 2 is 2.00 bits per heavy atom. The number of rotatable bonds is 2. The zero-order valence-corrected chi connectivity index (χ0v) is 8.27. The van der Waals surface area contributed by atoms with Crippen molar-refractivity contribution in [3.8, 4) is 0 Å². The van der Waals surface area contributed by atoms with Crippen LogP contribution in [0.1, 0.15) is 32.3 Å². The third kappa shape index (κ3) is 3.09. The van der Waals surface area contributed by atoms with E-state index in [2.05, 4.69) is 26.1 Å². The monoisotopic (exact) mass is 167 g/mol. The van der Waals surface area contributed by atoms with E-state index in [1.54, 1.807) is 0 Å². The Hall–Kier alpha value is -0.760. The number of hydrogen-bond donors (Lipinski definition) is 1. The van der Waals surface area contributed by atoms with E-state index in [4.69, 9.17) is 4.42 Å². The van der Waals surface area contributed by atoms with Crippen LogP contribution in [-0.2, 0) is 6.54 Å². The second-order valence-corrected chi connectivity index (χ2v) is 4.12. The van der Waals surface area contributed by atoms with Crippen molar-refractivity contribution in [2.45, 2.75) is 39.8 Å². The minimum absolute atomic E-state index is 0.153. The average molecular weight is 167 g/mol. The van der Waals surface area contributed by atoms with Gasteiger partial charge in [0, 0.05) is 5.54 Å². The summed E-state index contributed by atoms with van der Waals surface area (Å²) < 4.78 is 5.42. The van der Waals surface area contributed by atoms with Crippen molar-refractivity contribution < 1.29 is 4.42 Å². The summed E-state index contributed by atoms with van der Waals surface area (Å²) in [5.74, 6) is 1.98. The van der Waals surface area contributed by atoms with Gasteiger partial charge >= 0.3 is 0 Å². The molecule has 0 aliphatic heterocycles. The molecule has 0 saturated heterocycles. The molecule has 1 heterocycles. The number of nitrogens with one attached hydrogen (secondary N) is 1. The summed E-state index contributed by atoms with van der Waals surface area (Å²) in [4.78, 5) is 0. The van der Waals surface area contributed by atoms with E-state index in [1.165, 1.54) is 0 Å². The molecule has 1 rings (SSSR count). The first kappa shape index (κ1) is 9.33. The van der Waals surface area contributed by atoms with Crippen molar-refractivity contribution in [2.75, 3.05) is 0 Å². The van der Waals surface area contributed by atoms with E-state index in [9.17, 15) is 0 Å². The van der Waals surface area contributed by atoms with Crippen molar-refractivity contribution in [3.05, 3.63) is 23.7 Å². The maximum atomic E-state index is 5.42. The van der Waals surface area contributed by atoms with Crippen molar-refractivity contribution in [2.24, 2.45) is 0 Å². The summed E-state index contributed by atoms with van der Waals surface area (Å²) in [6.07, 6.45) is 0. The number of aryl methyl sites for hydroxylation is 1. The Bertz CT molecular complexity index is 245. The van der Waals surface area contributed by atoms with Crippen molar-refractivity contribution in [1.29, 1.82) is 0 Å². The van der Waals surface area contributed by atoms with Gasteiger partial charge in [-0.15, -0.1) is 0 Å². The van der Waals surface area contributed by atoms with E-state index in [0.717, 1.165) is 18.1 Å². The van der Waals surface area contributed by atoms with E-state index in [1.807, 2.05) is 19.1 Å². The highest BCUT2D eigenvalue weighted by atomic mass is 16.3. The van der Waals surface area contributed by atoms with Gasteiger partial charge in [-0.2, -0.15) is 0 Å². The molecule has 0 spiro atoms. The van der Waals surface area contributed by atoms with Crippen LogP contribution in [-0.4, -0.2) is 5.54 Å². The van der Waals surface area contributed by atoms with Crippen LogP contribution in [0.5, 0.6) is 0 Å². The van der Waals surface area contributed by atoms with Crippen LogP contribution in [0.3, 0.4) is 0 Å². The summed E-state index contributed by atoms with van der Waals surface area (Å²) in [7, 11) is 0. The van der Waals surface area contributed by atoms with Crippen LogP contribution in [0.4, 0.5) is 0 Å². The standard InChI is InChI=1S/C10H17NO/c1-8-5-6-9(12-8)7-11-10(2,3)4/h5-6,11H,7H2,1-4H3. The summed E-state index contributed by atoms with van der Waals surface area (Å²) >= 11 is 0. The van der Waals surface area contributed by atoms with Gasteiger partial charge in [0.15, 0.2) is 0 Å². The van der Waals surface area contributed by atoms with Gasteiger partial charge in [-0.05, 0) is 39.8 Å². The van der Waals surface area contributed by atoms with Gasteiger partial charge in [-0.1, -0.05) is 0 Å². The smallest absolute Gasteiger partial charge is 0.117 e. The lowest BCUT2D eigenvalue weighted by Gasteiger charge is -2.19. The lowest BCUT2D eigenvalue weighted by atomic mass is 10.1. The van der Waals surface area contributed by atoms with Gasteiger partial charge in [0.25, 0.3) is 0 Å². The Morgan fingerprint density at radius 3 is 2.42 bits per heavy atom. The Labute approximate surface area is 74.0 Å². The maximum Gasteiger partial charge on any atom is 0.117 e. The Morgan fingerprint density at radius 1 is 1.33 bits per heavy atom. The molecule has 1 aromatic heterocycles. The lowest BCUT2D eigenvalue weighted by molar-refractivity contribution is 0.383. The summed E-state index contributed by atoms with van der Waals surface area (Å²) in [5, 5.41) is 3.36. The van der Waals surface area contributed by atoms with Crippen LogP contribution >= 0.6 is 0 Å². The highest BCUT2D eigenvalue weighted by Crippen LogP contribution is 2.07. The molecule has 0 fully saturated rings. The minimum atomic E-state index is 0.153. The van der Waals surface area contributed by atoms with Gasteiger partial charge in [-0.3, -0.25) is 0 Å². The molecule has 1 aromatic rings. The highest BCUT2D eigenvalue weighted by Gasteiger charge is 2.09. The van der Waals surface area contributed by atoms with E-state index in [0.29, 0.717) is 0 Å². The normalized spacial score (nSPS) is 12.0. The van der Waals surface area contributed by atoms with Crippen molar-refractivity contribution >= 4 is 0 Å². The molecule has 0 aliphatic carbocycles. The molecule has 0 bridgehead atoms. The Kier molecular flexibility index (Phi) is 2.58. The highest BCUT2D eigenvalue weighted by molar-refractivity contribution is 5.05. The van der Waals surface area contributed by atoms with Crippen molar-refractivity contribution in [1.82, 2.24) is 5.32 Å². The fraction of sp³-hybridized carbons (Fsp3) is 0.600. The first-order valence-corrected chi connectivity index (χ1v) is 4.28. The number of furan rings is 1. The van der Waals surface area contributed by atoms with Crippen LogP contribution in [0.25, 0.3) is 0 Å². The molecule has 0 atom stereocenters. The first-order valence-electron chi connectivity index (χ1n) is 4.28. The average Bonchev–Trinajstić information content (AvgIpc) is 2.30. The SMILES string of the molecule is Cc1ccc(CNC(C)(C)C)o1. The molecule has 0 amide bonds. The number of hydrogen-bond acceptors (Lipinski definition) is 2. The molecule has 0 aromatic carbocycles. The van der Waals surface area contributed by atoms with Crippen LogP contribution in [0, 0.1) is 6.92 Å². The molecular weight excluding hydrogens is 150 g/mol. The summed E-state index contributed by atoms with van der Waals surface area (Å²) in [5.41, 5.74) is 0.153. The molecule has 1 N–H and O–H groups in total. The molecule has 0 aliphatic rings. The van der Waals surface area contributed by atoms with Gasteiger partial charge in [0.05, 0.1) is 6.54 Å². The first-order chi connectivity index (χ1) is 5.47. The molecule has 2 heteroatoms. The Balaban J connectivity index is 2.44. The lowest BCUT2D eigenvalue weighted by Crippen LogP contribution is -2.34. The molecule has 2 nitrogen and oxygen atoms in total. The van der Waals surface area contributed by atoms with Crippen LogP contribution in [0.2, 0.25) is 0 Å². The zero-order chi connectivity index (χ0) is 9.19. The zero-order valence-electron chi connectivity index (χ0n) is 8.27.